The van der Waals surface area contributed by atoms with Gasteiger partial charge in [-0.2, -0.15) is 4.98 Å². The second-order valence-electron chi connectivity index (χ2n) is 7.83. The van der Waals surface area contributed by atoms with Crippen LogP contribution in [0.25, 0.3) is 11.4 Å². The molecule has 160 valence electrons. The lowest BCUT2D eigenvalue weighted by Gasteiger charge is -2.46. The van der Waals surface area contributed by atoms with Crippen LogP contribution in [-0.2, 0) is 11.3 Å². The van der Waals surface area contributed by atoms with Crippen LogP contribution in [0.2, 0.25) is 0 Å². The lowest BCUT2D eigenvalue weighted by Crippen LogP contribution is -2.62. The predicted octanol–water partition coefficient (Wildman–Crippen LogP) is 3.87. The third kappa shape index (κ3) is 3.91. The first-order valence-corrected chi connectivity index (χ1v) is 10.8. The maximum absolute atomic E-state index is 13.1. The molecule has 0 radical (unpaired) electrons. The number of carbonyl (C=O) groups excluding carboxylic acids is 2. The van der Waals surface area contributed by atoms with Crippen LogP contribution in [0, 0.1) is 5.92 Å². The van der Waals surface area contributed by atoms with E-state index in [0.717, 1.165) is 43.4 Å². The Kier molecular flexibility index (Phi) is 6.01. The smallest absolute Gasteiger partial charge is 0.327 e. The Morgan fingerprint density at radius 2 is 2.03 bits per heavy atom. The van der Waals surface area contributed by atoms with Crippen molar-refractivity contribution in [2.75, 3.05) is 13.2 Å². The molecule has 1 saturated heterocycles. The van der Waals surface area contributed by atoms with Crippen LogP contribution in [0.1, 0.15) is 51.8 Å². The molecule has 2 unspecified atom stereocenters. The van der Waals surface area contributed by atoms with Crippen LogP contribution >= 0.6 is 0 Å². The fraction of sp³-hybridized carbons (Fsp3) is 0.545. The van der Waals surface area contributed by atoms with E-state index in [0.29, 0.717) is 24.9 Å². The maximum Gasteiger partial charge on any atom is 0.327 e. The minimum absolute atomic E-state index is 0.0262. The molecule has 0 bridgehead atoms. The quantitative estimate of drug-likeness (QED) is 0.686. The van der Waals surface area contributed by atoms with Gasteiger partial charge < -0.3 is 14.2 Å². The van der Waals surface area contributed by atoms with E-state index < -0.39 is 0 Å². The van der Waals surface area contributed by atoms with Gasteiger partial charge in [-0.1, -0.05) is 37.1 Å². The second-order valence-corrected chi connectivity index (χ2v) is 7.83. The van der Waals surface area contributed by atoms with E-state index in [2.05, 4.69) is 10.1 Å². The monoisotopic (exact) mass is 412 g/mol. The Hall–Kier alpha value is -2.90. The molecule has 2 heterocycles. The molecular weight excluding hydrogens is 384 g/mol. The van der Waals surface area contributed by atoms with Crippen LogP contribution in [-0.4, -0.2) is 51.1 Å². The molecule has 1 aliphatic carbocycles. The lowest BCUT2D eigenvalue weighted by atomic mass is 9.81. The van der Waals surface area contributed by atoms with E-state index in [4.69, 9.17) is 9.26 Å². The van der Waals surface area contributed by atoms with Gasteiger partial charge in [0.1, 0.15) is 12.3 Å². The second kappa shape index (κ2) is 8.85. The largest absolute Gasteiger partial charge is 0.494 e. The van der Waals surface area contributed by atoms with Crippen LogP contribution in [0.5, 0.6) is 5.75 Å². The molecule has 2 aromatic rings. The summed E-state index contributed by atoms with van der Waals surface area (Å²) in [6.45, 7) is 5.13. The molecule has 4 rings (SSSR count). The van der Waals surface area contributed by atoms with Crippen molar-refractivity contribution in [3.8, 4) is 17.1 Å². The number of hydrogen-bond donors (Lipinski definition) is 0. The Morgan fingerprint density at radius 3 is 2.83 bits per heavy atom. The summed E-state index contributed by atoms with van der Waals surface area (Å²) in [7, 11) is 0. The molecule has 8 nitrogen and oxygen atoms in total. The SMILES string of the molecule is CCCN1C(=O)C2CCCCC2N(Cc2nc(-c3cccc(OCC)c3)no2)C1=O. The average Bonchev–Trinajstić information content (AvgIpc) is 3.23. The van der Waals surface area contributed by atoms with Gasteiger partial charge in [0, 0.05) is 18.2 Å². The van der Waals surface area contributed by atoms with Crippen molar-refractivity contribution in [3.63, 3.8) is 0 Å². The number of rotatable bonds is 7. The van der Waals surface area contributed by atoms with Crippen molar-refractivity contribution in [1.82, 2.24) is 19.9 Å². The van der Waals surface area contributed by atoms with Gasteiger partial charge in [0.05, 0.1) is 12.5 Å². The van der Waals surface area contributed by atoms with Gasteiger partial charge in [0.15, 0.2) is 0 Å². The van der Waals surface area contributed by atoms with E-state index in [1.807, 2.05) is 38.1 Å². The first-order chi connectivity index (χ1) is 14.6. The average molecular weight is 412 g/mol. The Morgan fingerprint density at radius 1 is 1.20 bits per heavy atom. The Labute approximate surface area is 176 Å². The zero-order chi connectivity index (χ0) is 21.1. The van der Waals surface area contributed by atoms with Gasteiger partial charge in [-0.3, -0.25) is 9.69 Å². The number of carbonyl (C=O) groups is 2. The molecule has 0 spiro atoms. The van der Waals surface area contributed by atoms with Crippen molar-refractivity contribution < 1.29 is 18.8 Å². The van der Waals surface area contributed by atoms with E-state index >= 15 is 0 Å². The number of nitrogens with zero attached hydrogens (tertiary/aromatic N) is 4. The van der Waals surface area contributed by atoms with Gasteiger partial charge >= 0.3 is 6.03 Å². The van der Waals surface area contributed by atoms with E-state index in [1.54, 1.807) is 4.90 Å². The van der Waals surface area contributed by atoms with Crippen LogP contribution in [0.3, 0.4) is 0 Å². The highest BCUT2D eigenvalue weighted by Crippen LogP contribution is 2.35. The standard InChI is InChI=1S/C22H28N4O4/c1-3-12-25-21(27)17-10-5-6-11-18(17)26(22(25)28)14-19-23-20(24-30-19)15-8-7-9-16(13-15)29-4-2/h7-9,13,17-18H,3-6,10-12,14H2,1-2H3. The lowest BCUT2D eigenvalue weighted by molar-refractivity contribution is -0.141. The summed E-state index contributed by atoms with van der Waals surface area (Å²) in [6.07, 6.45) is 4.44. The topological polar surface area (TPSA) is 88.8 Å². The minimum atomic E-state index is -0.247. The zero-order valence-electron chi connectivity index (χ0n) is 17.5. The highest BCUT2D eigenvalue weighted by Gasteiger charge is 2.47. The molecule has 2 atom stereocenters. The first kappa shape index (κ1) is 20.4. The number of ether oxygens (including phenoxy) is 1. The molecule has 30 heavy (non-hydrogen) atoms. The molecule has 1 aliphatic heterocycles. The van der Waals surface area contributed by atoms with E-state index in [9.17, 15) is 9.59 Å². The predicted molar refractivity (Wildman–Crippen MR) is 110 cm³/mol. The van der Waals surface area contributed by atoms with Gasteiger partial charge in [-0.25, -0.2) is 4.79 Å². The maximum atomic E-state index is 13.1. The number of fused-ring (bicyclic) bond motifs is 1. The number of amides is 3. The van der Waals surface area contributed by atoms with Crippen molar-refractivity contribution in [1.29, 1.82) is 0 Å². The molecule has 3 amide bonds. The molecule has 2 aliphatic rings. The van der Waals surface area contributed by atoms with Gasteiger partial charge in [0.2, 0.25) is 17.6 Å². The minimum Gasteiger partial charge on any atom is -0.494 e. The van der Waals surface area contributed by atoms with Crippen molar-refractivity contribution in [2.45, 2.75) is 58.5 Å². The Bertz CT molecular complexity index is 912. The number of aromatic nitrogens is 2. The molecule has 2 fully saturated rings. The highest BCUT2D eigenvalue weighted by molar-refractivity contribution is 5.98. The van der Waals surface area contributed by atoms with Crippen LogP contribution in [0.15, 0.2) is 28.8 Å². The van der Waals surface area contributed by atoms with Gasteiger partial charge in [-0.05, 0) is 38.3 Å². The highest BCUT2D eigenvalue weighted by atomic mass is 16.5. The zero-order valence-corrected chi connectivity index (χ0v) is 17.5. The van der Waals surface area contributed by atoms with Crippen molar-refractivity contribution in [2.24, 2.45) is 5.92 Å². The number of hydrogen-bond acceptors (Lipinski definition) is 6. The fourth-order valence-corrected chi connectivity index (χ4v) is 4.45. The molecular formula is C22H28N4O4. The number of benzene rings is 1. The van der Waals surface area contributed by atoms with E-state index in [1.165, 1.54) is 4.90 Å². The molecule has 0 N–H and O–H groups in total. The molecule has 1 saturated carbocycles. The summed E-state index contributed by atoms with van der Waals surface area (Å²) in [4.78, 5) is 33.6. The Balaban J connectivity index is 1.56. The summed E-state index contributed by atoms with van der Waals surface area (Å²) >= 11 is 0. The molecule has 8 heteroatoms. The summed E-state index contributed by atoms with van der Waals surface area (Å²) in [6, 6.07) is 7.17. The van der Waals surface area contributed by atoms with Crippen LogP contribution in [0.4, 0.5) is 4.79 Å². The van der Waals surface area contributed by atoms with Crippen molar-refractivity contribution in [3.05, 3.63) is 30.2 Å². The number of urea groups is 1. The van der Waals surface area contributed by atoms with Gasteiger partial charge in [-0.15, -0.1) is 0 Å². The van der Waals surface area contributed by atoms with Crippen molar-refractivity contribution >= 4 is 11.9 Å². The van der Waals surface area contributed by atoms with E-state index in [-0.39, 0.29) is 30.4 Å². The summed E-state index contributed by atoms with van der Waals surface area (Å²) in [5.41, 5.74) is 0.791. The summed E-state index contributed by atoms with van der Waals surface area (Å²) < 4.78 is 11.0. The third-order valence-electron chi connectivity index (χ3n) is 5.81. The normalized spacial score (nSPS) is 21.7. The fourth-order valence-electron chi connectivity index (χ4n) is 4.45. The summed E-state index contributed by atoms with van der Waals surface area (Å²) in [5, 5.41) is 4.09. The number of imide groups is 1. The van der Waals surface area contributed by atoms with Crippen LogP contribution < -0.4 is 4.74 Å². The first-order valence-electron chi connectivity index (χ1n) is 10.8. The van der Waals surface area contributed by atoms with Gasteiger partial charge in [0.25, 0.3) is 0 Å². The molecule has 1 aromatic carbocycles. The third-order valence-corrected chi connectivity index (χ3v) is 5.81. The molecule has 1 aromatic heterocycles. The summed E-state index contributed by atoms with van der Waals surface area (Å²) in [5.74, 6) is 1.41.